The van der Waals surface area contributed by atoms with Gasteiger partial charge in [-0.25, -0.2) is 14.6 Å². The molecular weight excluding hydrogens is 308 g/mol. The van der Waals surface area contributed by atoms with E-state index in [1.54, 1.807) is 18.0 Å². The van der Waals surface area contributed by atoms with Crippen molar-refractivity contribution in [2.45, 2.75) is 42.9 Å². The van der Waals surface area contributed by atoms with Crippen molar-refractivity contribution in [2.75, 3.05) is 12.4 Å². The number of aliphatic hydroxyl groups is 3. The van der Waals surface area contributed by atoms with Crippen molar-refractivity contribution in [3.05, 3.63) is 12.5 Å². The number of rotatable bonds is 5. The second-order valence-electron chi connectivity index (χ2n) is 5.08. The summed E-state index contributed by atoms with van der Waals surface area (Å²) in [4.78, 5) is 8.46. The summed E-state index contributed by atoms with van der Waals surface area (Å²) >= 11 is 1.62. The highest BCUT2D eigenvalue weighted by Crippen LogP contribution is 2.32. The number of hydrogen-bond donors (Lipinski definition) is 3. The summed E-state index contributed by atoms with van der Waals surface area (Å²) < 4.78 is 6.92. The smallest absolute Gasteiger partial charge is 0.181 e. The standard InChI is InChI=1S/C13H18N4O4S/c1-2-3-22-12-7-4-16-17(11(7)14-6-15-12)13-10(20)9(19)8(5-18)21-13/h4,6,8-10,13,18-20H,2-3,5H2,1H3/t8-,9-,10-,13-/m1/s1. The van der Waals surface area contributed by atoms with Crippen molar-refractivity contribution in [1.29, 1.82) is 0 Å². The first-order chi connectivity index (χ1) is 10.7. The van der Waals surface area contributed by atoms with E-state index in [-0.39, 0.29) is 6.61 Å². The number of thioether (sulfide) groups is 1. The molecular formula is C13H18N4O4S. The Morgan fingerprint density at radius 1 is 1.32 bits per heavy atom. The number of ether oxygens (including phenoxy) is 1. The highest BCUT2D eigenvalue weighted by atomic mass is 32.2. The van der Waals surface area contributed by atoms with Gasteiger partial charge in [-0.3, -0.25) is 0 Å². The Morgan fingerprint density at radius 3 is 2.82 bits per heavy atom. The van der Waals surface area contributed by atoms with E-state index in [1.165, 1.54) is 11.0 Å². The molecule has 1 aliphatic heterocycles. The molecule has 0 saturated carbocycles. The van der Waals surface area contributed by atoms with E-state index in [4.69, 9.17) is 9.84 Å². The fourth-order valence-electron chi connectivity index (χ4n) is 2.42. The van der Waals surface area contributed by atoms with Gasteiger partial charge in [-0.1, -0.05) is 6.92 Å². The van der Waals surface area contributed by atoms with Crippen LogP contribution in [0.5, 0.6) is 0 Å². The van der Waals surface area contributed by atoms with Crippen LogP contribution in [0.4, 0.5) is 0 Å². The van der Waals surface area contributed by atoms with Gasteiger partial charge in [0.1, 0.15) is 29.7 Å². The molecule has 0 radical (unpaired) electrons. The van der Waals surface area contributed by atoms with E-state index in [0.717, 1.165) is 22.6 Å². The first kappa shape index (κ1) is 15.6. The number of aromatic nitrogens is 4. The first-order valence-electron chi connectivity index (χ1n) is 7.10. The molecule has 120 valence electrons. The predicted molar refractivity (Wildman–Crippen MR) is 79.3 cm³/mol. The van der Waals surface area contributed by atoms with Crippen LogP contribution in [0.1, 0.15) is 19.6 Å². The summed E-state index contributed by atoms with van der Waals surface area (Å²) in [7, 11) is 0. The predicted octanol–water partition coefficient (Wildman–Crippen LogP) is -0.0601. The summed E-state index contributed by atoms with van der Waals surface area (Å²) in [6.07, 6.45) is 0.0339. The summed E-state index contributed by atoms with van der Waals surface area (Å²) in [5.41, 5.74) is 0.531. The van der Waals surface area contributed by atoms with Crippen molar-refractivity contribution in [3.63, 3.8) is 0 Å². The van der Waals surface area contributed by atoms with Gasteiger partial charge >= 0.3 is 0 Å². The molecule has 9 heteroatoms. The van der Waals surface area contributed by atoms with Crippen LogP contribution in [0.3, 0.4) is 0 Å². The Kier molecular flexibility index (Phi) is 4.59. The lowest BCUT2D eigenvalue weighted by Crippen LogP contribution is -2.33. The highest BCUT2D eigenvalue weighted by molar-refractivity contribution is 7.99. The first-order valence-corrected chi connectivity index (χ1v) is 8.09. The molecule has 3 N–H and O–H groups in total. The summed E-state index contributed by atoms with van der Waals surface area (Å²) in [5.74, 6) is 0.936. The van der Waals surface area contributed by atoms with E-state index < -0.39 is 24.5 Å². The SMILES string of the molecule is CCCSc1ncnc2c1cnn2[C@@H]1O[C@H](CO)[C@@H](O)[C@H]1O. The van der Waals surface area contributed by atoms with Crippen LogP contribution in [0.15, 0.2) is 17.6 Å². The quantitative estimate of drug-likeness (QED) is 0.517. The Morgan fingerprint density at radius 2 is 2.14 bits per heavy atom. The van der Waals surface area contributed by atoms with Gasteiger partial charge in [-0.15, -0.1) is 11.8 Å². The zero-order chi connectivity index (χ0) is 15.7. The minimum absolute atomic E-state index is 0.374. The lowest BCUT2D eigenvalue weighted by atomic mass is 10.1. The summed E-state index contributed by atoms with van der Waals surface area (Å²) in [5, 5.41) is 35.0. The lowest BCUT2D eigenvalue weighted by molar-refractivity contribution is -0.0566. The van der Waals surface area contributed by atoms with Crippen LogP contribution < -0.4 is 0 Å². The fraction of sp³-hybridized carbons (Fsp3) is 0.615. The number of hydrogen-bond acceptors (Lipinski definition) is 8. The molecule has 0 bridgehead atoms. The largest absolute Gasteiger partial charge is 0.394 e. The third kappa shape index (κ3) is 2.59. The maximum atomic E-state index is 10.1. The molecule has 1 fully saturated rings. The Balaban J connectivity index is 1.95. The molecule has 2 aromatic rings. The second-order valence-corrected chi connectivity index (χ2v) is 6.17. The Hall–Kier alpha value is -1.26. The Bertz CT molecular complexity index is 652. The number of nitrogens with zero attached hydrogens (tertiary/aromatic N) is 4. The van der Waals surface area contributed by atoms with Gasteiger partial charge in [0.25, 0.3) is 0 Å². The molecule has 1 aliphatic rings. The molecule has 0 aromatic carbocycles. The van der Waals surface area contributed by atoms with E-state index in [9.17, 15) is 10.2 Å². The molecule has 0 unspecified atom stereocenters. The normalized spacial score (nSPS) is 28.5. The maximum Gasteiger partial charge on any atom is 0.181 e. The molecule has 3 rings (SSSR count). The minimum Gasteiger partial charge on any atom is -0.394 e. The maximum absolute atomic E-state index is 10.1. The number of aliphatic hydroxyl groups excluding tert-OH is 3. The molecule has 0 aliphatic carbocycles. The number of fused-ring (bicyclic) bond motifs is 1. The highest BCUT2D eigenvalue weighted by Gasteiger charge is 2.44. The van der Waals surface area contributed by atoms with Crippen LogP contribution >= 0.6 is 11.8 Å². The van der Waals surface area contributed by atoms with Crippen molar-refractivity contribution in [3.8, 4) is 0 Å². The van der Waals surface area contributed by atoms with Gasteiger partial charge in [-0.2, -0.15) is 5.10 Å². The third-order valence-electron chi connectivity index (χ3n) is 3.56. The molecule has 22 heavy (non-hydrogen) atoms. The van der Waals surface area contributed by atoms with E-state index in [1.807, 2.05) is 0 Å². The molecule has 8 nitrogen and oxygen atoms in total. The average molecular weight is 326 g/mol. The van der Waals surface area contributed by atoms with Gasteiger partial charge in [0.15, 0.2) is 11.9 Å². The van der Waals surface area contributed by atoms with Crippen LogP contribution in [-0.4, -0.2) is 65.7 Å². The minimum atomic E-state index is -1.18. The van der Waals surface area contributed by atoms with Crippen LogP contribution in [0.2, 0.25) is 0 Å². The van der Waals surface area contributed by atoms with E-state index >= 15 is 0 Å². The zero-order valence-electron chi connectivity index (χ0n) is 12.0. The van der Waals surface area contributed by atoms with Crippen molar-refractivity contribution in [2.24, 2.45) is 0 Å². The van der Waals surface area contributed by atoms with Gasteiger partial charge in [-0.05, 0) is 12.2 Å². The molecule has 1 saturated heterocycles. The third-order valence-corrected chi connectivity index (χ3v) is 4.77. The molecule has 3 heterocycles. The molecule has 4 atom stereocenters. The second kappa shape index (κ2) is 6.47. The average Bonchev–Trinajstić information content (AvgIpc) is 3.08. The van der Waals surface area contributed by atoms with Gasteiger partial charge in [0.2, 0.25) is 0 Å². The lowest BCUT2D eigenvalue weighted by Gasteiger charge is -2.15. The summed E-state index contributed by atoms with van der Waals surface area (Å²) in [6.45, 7) is 1.72. The zero-order valence-corrected chi connectivity index (χ0v) is 12.8. The van der Waals surface area contributed by atoms with Gasteiger partial charge in [0, 0.05) is 0 Å². The van der Waals surface area contributed by atoms with E-state index in [0.29, 0.717) is 5.65 Å². The Labute approximate surface area is 131 Å². The van der Waals surface area contributed by atoms with Crippen molar-refractivity contribution < 1.29 is 20.1 Å². The topological polar surface area (TPSA) is 114 Å². The summed E-state index contributed by atoms with van der Waals surface area (Å²) in [6, 6.07) is 0. The van der Waals surface area contributed by atoms with E-state index in [2.05, 4.69) is 22.0 Å². The van der Waals surface area contributed by atoms with Crippen LogP contribution in [0.25, 0.3) is 11.0 Å². The molecule has 2 aromatic heterocycles. The van der Waals surface area contributed by atoms with Crippen molar-refractivity contribution >= 4 is 22.8 Å². The molecule has 0 amide bonds. The fourth-order valence-corrected chi connectivity index (χ4v) is 3.24. The monoisotopic (exact) mass is 326 g/mol. The van der Waals surface area contributed by atoms with Crippen LogP contribution in [-0.2, 0) is 4.74 Å². The molecule has 0 spiro atoms. The van der Waals surface area contributed by atoms with Crippen LogP contribution in [0, 0.1) is 0 Å². The van der Waals surface area contributed by atoms with Crippen molar-refractivity contribution in [1.82, 2.24) is 19.7 Å². The van der Waals surface area contributed by atoms with Gasteiger partial charge < -0.3 is 20.1 Å². The van der Waals surface area contributed by atoms with Gasteiger partial charge in [0.05, 0.1) is 18.2 Å².